The molecule has 0 spiro atoms. The summed E-state index contributed by atoms with van der Waals surface area (Å²) in [7, 11) is 1.50. The summed E-state index contributed by atoms with van der Waals surface area (Å²) in [6.45, 7) is 10.2. The van der Waals surface area contributed by atoms with Crippen LogP contribution >= 0.6 is 0 Å². The van der Waals surface area contributed by atoms with Crippen LogP contribution < -0.4 is 5.73 Å². The lowest BCUT2D eigenvalue weighted by Gasteiger charge is -1.90. The quantitative estimate of drug-likeness (QED) is 0.759. The van der Waals surface area contributed by atoms with E-state index in [1.807, 2.05) is 27.7 Å². The Balaban J connectivity index is 0. The molecule has 98 valence electrons. The van der Waals surface area contributed by atoms with Gasteiger partial charge in [0.25, 0.3) is 0 Å². The zero-order valence-electron chi connectivity index (χ0n) is 12.2. The first-order valence-corrected chi connectivity index (χ1v) is 6.54. The SMILES string of the molecule is CC.CC.CCc1c[nH]c2ccccc12.CN. The third-order valence-corrected chi connectivity index (χ3v) is 2.06. The molecule has 2 heteroatoms. The highest BCUT2D eigenvalue weighted by atomic mass is 14.7. The molecule has 1 aromatic carbocycles. The number of nitrogens with two attached hydrogens (primary N) is 1. The molecule has 0 unspecified atom stereocenters. The summed E-state index contributed by atoms with van der Waals surface area (Å²) in [5.74, 6) is 0. The Bertz CT molecular complexity index is 364. The highest BCUT2D eigenvalue weighted by Gasteiger charge is 1.97. The fraction of sp³-hybridized carbons (Fsp3) is 0.467. The Morgan fingerprint density at radius 3 is 2.06 bits per heavy atom. The zero-order valence-corrected chi connectivity index (χ0v) is 12.2. The van der Waals surface area contributed by atoms with Gasteiger partial charge in [-0.3, -0.25) is 0 Å². The molecule has 17 heavy (non-hydrogen) atoms. The van der Waals surface area contributed by atoms with E-state index in [4.69, 9.17) is 0 Å². The Labute approximate surface area is 106 Å². The smallest absolute Gasteiger partial charge is 0.0456 e. The van der Waals surface area contributed by atoms with E-state index in [1.54, 1.807) is 0 Å². The predicted molar refractivity (Wildman–Crippen MR) is 80.5 cm³/mol. The number of nitrogens with one attached hydrogen (secondary N) is 1. The molecule has 0 atom stereocenters. The molecule has 0 aliphatic rings. The highest BCUT2D eigenvalue weighted by Crippen LogP contribution is 2.17. The van der Waals surface area contributed by atoms with Crippen molar-refractivity contribution in [1.29, 1.82) is 0 Å². The molecule has 2 aromatic rings. The average molecular weight is 236 g/mol. The van der Waals surface area contributed by atoms with Crippen molar-refractivity contribution in [3.63, 3.8) is 0 Å². The maximum absolute atomic E-state index is 4.50. The van der Waals surface area contributed by atoms with Crippen molar-refractivity contribution in [1.82, 2.24) is 4.98 Å². The number of aromatic nitrogens is 1. The van der Waals surface area contributed by atoms with Gasteiger partial charge in [0, 0.05) is 17.1 Å². The van der Waals surface area contributed by atoms with Crippen LogP contribution in [-0.4, -0.2) is 12.0 Å². The molecule has 0 saturated heterocycles. The summed E-state index contributed by atoms with van der Waals surface area (Å²) in [5.41, 5.74) is 7.14. The van der Waals surface area contributed by atoms with Gasteiger partial charge in [-0.2, -0.15) is 0 Å². The highest BCUT2D eigenvalue weighted by molar-refractivity contribution is 5.82. The van der Waals surface area contributed by atoms with Crippen LogP contribution in [0.25, 0.3) is 10.9 Å². The molecule has 0 bridgehead atoms. The van der Waals surface area contributed by atoms with Crippen LogP contribution in [-0.2, 0) is 6.42 Å². The van der Waals surface area contributed by atoms with Gasteiger partial charge >= 0.3 is 0 Å². The van der Waals surface area contributed by atoms with Crippen molar-refractivity contribution in [3.8, 4) is 0 Å². The van der Waals surface area contributed by atoms with Crippen LogP contribution in [0.1, 0.15) is 40.2 Å². The van der Waals surface area contributed by atoms with Crippen molar-refractivity contribution in [2.45, 2.75) is 41.0 Å². The van der Waals surface area contributed by atoms with E-state index in [2.05, 4.69) is 48.1 Å². The van der Waals surface area contributed by atoms with E-state index >= 15 is 0 Å². The van der Waals surface area contributed by atoms with E-state index < -0.39 is 0 Å². The van der Waals surface area contributed by atoms with Gasteiger partial charge in [-0.25, -0.2) is 0 Å². The summed E-state index contributed by atoms with van der Waals surface area (Å²) in [5, 5.41) is 1.36. The summed E-state index contributed by atoms with van der Waals surface area (Å²) in [6, 6.07) is 8.40. The van der Waals surface area contributed by atoms with Crippen LogP contribution in [0.5, 0.6) is 0 Å². The van der Waals surface area contributed by atoms with Crippen LogP contribution in [0, 0.1) is 0 Å². The minimum Gasteiger partial charge on any atom is -0.361 e. The molecule has 0 aliphatic heterocycles. The Kier molecular flexibility index (Phi) is 13.6. The van der Waals surface area contributed by atoms with Gasteiger partial charge in [-0.05, 0) is 25.1 Å². The second-order valence-electron chi connectivity index (χ2n) is 2.71. The molecule has 0 radical (unpaired) electrons. The van der Waals surface area contributed by atoms with Crippen molar-refractivity contribution in [2.24, 2.45) is 5.73 Å². The Morgan fingerprint density at radius 2 is 1.53 bits per heavy atom. The van der Waals surface area contributed by atoms with Gasteiger partial charge in [0.1, 0.15) is 0 Å². The number of aromatic amines is 1. The first-order chi connectivity index (χ1) is 8.42. The van der Waals surface area contributed by atoms with Crippen molar-refractivity contribution in [3.05, 3.63) is 36.0 Å². The zero-order chi connectivity index (χ0) is 13.7. The van der Waals surface area contributed by atoms with Gasteiger partial charge in [0.05, 0.1) is 0 Å². The van der Waals surface area contributed by atoms with Crippen molar-refractivity contribution in [2.75, 3.05) is 7.05 Å². The molecule has 0 saturated carbocycles. The second kappa shape index (κ2) is 12.8. The van der Waals surface area contributed by atoms with Crippen molar-refractivity contribution < 1.29 is 0 Å². The van der Waals surface area contributed by atoms with Gasteiger partial charge in [-0.1, -0.05) is 52.8 Å². The fourth-order valence-corrected chi connectivity index (χ4v) is 1.42. The minimum absolute atomic E-state index is 1.10. The first-order valence-electron chi connectivity index (χ1n) is 6.54. The lowest BCUT2D eigenvalue weighted by Crippen LogP contribution is -1.72. The molecule has 2 rings (SSSR count). The number of benzene rings is 1. The molecule has 3 N–H and O–H groups in total. The molecule has 1 heterocycles. The van der Waals surface area contributed by atoms with Crippen molar-refractivity contribution >= 4 is 10.9 Å². The number of hydrogen-bond acceptors (Lipinski definition) is 1. The first kappa shape index (κ1) is 18.1. The van der Waals surface area contributed by atoms with E-state index in [-0.39, 0.29) is 0 Å². The molecule has 1 aromatic heterocycles. The van der Waals surface area contributed by atoms with Crippen LogP contribution in [0.2, 0.25) is 0 Å². The average Bonchev–Trinajstić information content (AvgIpc) is 2.88. The van der Waals surface area contributed by atoms with E-state index in [1.165, 1.54) is 23.5 Å². The molecule has 0 aliphatic carbocycles. The third kappa shape index (κ3) is 5.55. The Hall–Kier alpha value is -1.28. The number of aryl methyl sites for hydroxylation is 1. The number of hydrogen-bond donors (Lipinski definition) is 2. The van der Waals surface area contributed by atoms with Crippen LogP contribution in [0.15, 0.2) is 30.5 Å². The molecule has 0 fully saturated rings. The van der Waals surface area contributed by atoms with Gasteiger partial charge in [0.2, 0.25) is 0 Å². The lowest BCUT2D eigenvalue weighted by atomic mass is 10.1. The maximum Gasteiger partial charge on any atom is 0.0456 e. The fourth-order valence-electron chi connectivity index (χ4n) is 1.42. The molecular weight excluding hydrogens is 208 g/mol. The summed E-state index contributed by atoms with van der Waals surface area (Å²) >= 11 is 0. The van der Waals surface area contributed by atoms with Crippen LogP contribution in [0.4, 0.5) is 0 Å². The van der Waals surface area contributed by atoms with Gasteiger partial charge in [-0.15, -0.1) is 0 Å². The maximum atomic E-state index is 4.50. The van der Waals surface area contributed by atoms with Gasteiger partial charge < -0.3 is 10.7 Å². The molecular formula is C15H28N2. The summed E-state index contributed by atoms with van der Waals surface area (Å²) in [6.07, 6.45) is 3.19. The molecule has 0 amide bonds. The summed E-state index contributed by atoms with van der Waals surface area (Å²) < 4.78 is 0. The summed E-state index contributed by atoms with van der Waals surface area (Å²) in [4.78, 5) is 3.24. The number of fused-ring (bicyclic) bond motifs is 1. The Morgan fingerprint density at radius 1 is 1.00 bits per heavy atom. The van der Waals surface area contributed by atoms with Gasteiger partial charge in [0.15, 0.2) is 0 Å². The predicted octanol–water partition coefficient (Wildman–Crippen LogP) is 4.36. The minimum atomic E-state index is 1.10. The number of para-hydroxylation sites is 1. The van der Waals surface area contributed by atoms with E-state index in [9.17, 15) is 0 Å². The largest absolute Gasteiger partial charge is 0.361 e. The number of H-pyrrole nitrogens is 1. The second-order valence-corrected chi connectivity index (χ2v) is 2.71. The lowest BCUT2D eigenvalue weighted by molar-refractivity contribution is 1.15. The molecule has 2 nitrogen and oxygen atoms in total. The third-order valence-electron chi connectivity index (χ3n) is 2.06. The monoisotopic (exact) mass is 236 g/mol. The number of rotatable bonds is 1. The van der Waals surface area contributed by atoms with E-state index in [0.717, 1.165) is 6.42 Å². The van der Waals surface area contributed by atoms with E-state index in [0.29, 0.717) is 0 Å². The van der Waals surface area contributed by atoms with Crippen LogP contribution in [0.3, 0.4) is 0 Å². The standard InChI is InChI=1S/C10H11N.2C2H6.CH5N/c1-2-8-7-11-10-6-4-3-5-9(8)10;3*1-2/h3-7,11H,2H2,1H3;2*1-2H3;2H2,1H3. The normalized spacial score (nSPS) is 7.94. The topological polar surface area (TPSA) is 41.8 Å².